The van der Waals surface area contributed by atoms with Crippen molar-refractivity contribution in [2.24, 2.45) is 10.4 Å². The molecule has 0 radical (unpaired) electrons. The van der Waals surface area contributed by atoms with E-state index in [0.717, 1.165) is 17.5 Å². The lowest BCUT2D eigenvalue weighted by atomic mass is 9.72. The SMILES string of the molecule is CC=CCC1(C)C=C2N=c3ccccc3=C2C(C)=C1C. The lowest BCUT2D eigenvalue weighted by molar-refractivity contribution is 0.511. The zero-order valence-corrected chi connectivity index (χ0v) is 12.7. The zero-order valence-electron chi connectivity index (χ0n) is 12.7. The molecule has 1 nitrogen and oxygen atoms in total. The number of fused-ring (bicyclic) bond motifs is 2. The van der Waals surface area contributed by atoms with E-state index >= 15 is 0 Å². The number of hydrogen-bond acceptors (Lipinski definition) is 1. The van der Waals surface area contributed by atoms with Crippen molar-refractivity contribution >= 4 is 5.57 Å². The molecule has 1 unspecified atom stereocenters. The van der Waals surface area contributed by atoms with Crippen LogP contribution in [0.1, 0.15) is 34.1 Å². The van der Waals surface area contributed by atoms with E-state index in [9.17, 15) is 0 Å². The maximum absolute atomic E-state index is 4.83. The molecule has 1 aromatic rings. The molecule has 2 aliphatic rings. The van der Waals surface area contributed by atoms with Crippen LogP contribution in [0.3, 0.4) is 0 Å². The third-order valence-corrected chi connectivity index (χ3v) is 4.70. The van der Waals surface area contributed by atoms with E-state index in [2.05, 4.69) is 70.2 Å². The van der Waals surface area contributed by atoms with Crippen molar-refractivity contribution < 1.29 is 0 Å². The van der Waals surface area contributed by atoms with Crippen LogP contribution in [0.5, 0.6) is 0 Å². The molecule has 1 aliphatic heterocycles. The molecule has 1 heteroatoms. The Morgan fingerprint density at radius 1 is 1.20 bits per heavy atom. The monoisotopic (exact) mass is 263 g/mol. The molecule has 3 rings (SSSR count). The molecule has 0 N–H and O–H groups in total. The van der Waals surface area contributed by atoms with Gasteiger partial charge in [-0.2, -0.15) is 0 Å². The molecule has 1 aliphatic carbocycles. The maximum Gasteiger partial charge on any atom is 0.0716 e. The predicted octanol–water partition coefficient (Wildman–Crippen LogP) is 3.68. The molecule has 0 spiro atoms. The minimum absolute atomic E-state index is 0.0843. The number of para-hydroxylation sites is 1. The number of hydrogen-bond donors (Lipinski definition) is 0. The Morgan fingerprint density at radius 3 is 2.70 bits per heavy atom. The van der Waals surface area contributed by atoms with Crippen LogP contribution >= 0.6 is 0 Å². The third-order valence-electron chi connectivity index (χ3n) is 4.70. The van der Waals surface area contributed by atoms with Crippen LogP contribution in [0.15, 0.2) is 64.3 Å². The van der Waals surface area contributed by atoms with Crippen LogP contribution in [-0.4, -0.2) is 0 Å². The van der Waals surface area contributed by atoms with Crippen LogP contribution in [-0.2, 0) is 0 Å². The van der Waals surface area contributed by atoms with Gasteiger partial charge >= 0.3 is 0 Å². The quantitative estimate of drug-likeness (QED) is 0.722. The van der Waals surface area contributed by atoms with Gasteiger partial charge in [-0.05, 0) is 44.9 Å². The van der Waals surface area contributed by atoms with E-state index < -0.39 is 0 Å². The topological polar surface area (TPSA) is 12.4 Å². The van der Waals surface area contributed by atoms with Crippen molar-refractivity contribution in [1.29, 1.82) is 0 Å². The minimum Gasteiger partial charge on any atom is -0.248 e. The first kappa shape index (κ1) is 13.1. The standard InChI is InChI=1S/C19H21N/c1-5-6-11-19(4)12-17-18(13(2)14(19)3)15-9-7-8-10-16(15)20-17/h5-10,12H,11H2,1-4H3. The second-order valence-corrected chi connectivity index (χ2v) is 5.97. The second-order valence-electron chi connectivity index (χ2n) is 5.97. The molecular formula is C19H21N. The lowest BCUT2D eigenvalue weighted by Crippen LogP contribution is -2.25. The Balaban J connectivity index is 2.26. The Labute approximate surface area is 120 Å². The van der Waals surface area contributed by atoms with Gasteiger partial charge in [-0.25, -0.2) is 4.99 Å². The fraction of sp³-hybridized carbons (Fsp3) is 0.316. The number of rotatable bonds is 2. The first-order valence-electron chi connectivity index (χ1n) is 7.27. The fourth-order valence-corrected chi connectivity index (χ4v) is 3.21. The van der Waals surface area contributed by atoms with Gasteiger partial charge in [0.2, 0.25) is 0 Å². The van der Waals surface area contributed by atoms with E-state index in [-0.39, 0.29) is 5.41 Å². The Kier molecular flexibility index (Phi) is 3.01. The van der Waals surface area contributed by atoms with Crippen molar-refractivity contribution in [3.05, 3.63) is 69.9 Å². The van der Waals surface area contributed by atoms with E-state index in [1.54, 1.807) is 0 Å². The predicted molar refractivity (Wildman–Crippen MR) is 84.6 cm³/mol. The molecule has 0 bridgehead atoms. The van der Waals surface area contributed by atoms with Crippen molar-refractivity contribution in [2.45, 2.75) is 34.1 Å². The summed E-state index contributed by atoms with van der Waals surface area (Å²) in [5, 5.41) is 2.39. The Bertz CT molecular complexity index is 774. The molecular weight excluding hydrogens is 242 g/mol. The fourth-order valence-electron chi connectivity index (χ4n) is 3.21. The first-order chi connectivity index (χ1) is 9.57. The normalized spacial score (nSPS) is 24.6. The molecule has 0 saturated carbocycles. The van der Waals surface area contributed by atoms with Crippen LogP contribution in [0, 0.1) is 5.41 Å². The highest BCUT2D eigenvalue weighted by Crippen LogP contribution is 2.44. The lowest BCUT2D eigenvalue weighted by Gasteiger charge is -2.33. The molecule has 0 amide bonds. The Morgan fingerprint density at radius 2 is 1.95 bits per heavy atom. The second kappa shape index (κ2) is 4.59. The van der Waals surface area contributed by atoms with Gasteiger partial charge in [0.15, 0.2) is 0 Å². The minimum atomic E-state index is 0.0843. The molecule has 1 aromatic carbocycles. The van der Waals surface area contributed by atoms with Crippen LogP contribution in [0.25, 0.3) is 5.57 Å². The molecule has 0 saturated heterocycles. The number of allylic oxidation sites excluding steroid dienone is 5. The van der Waals surface area contributed by atoms with Crippen LogP contribution < -0.4 is 10.6 Å². The summed E-state index contributed by atoms with van der Waals surface area (Å²) in [7, 11) is 0. The summed E-state index contributed by atoms with van der Waals surface area (Å²) in [6.45, 7) is 8.90. The molecule has 102 valence electrons. The summed E-state index contributed by atoms with van der Waals surface area (Å²) in [4.78, 5) is 4.83. The van der Waals surface area contributed by atoms with Gasteiger partial charge < -0.3 is 0 Å². The van der Waals surface area contributed by atoms with Gasteiger partial charge in [0, 0.05) is 16.2 Å². The van der Waals surface area contributed by atoms with Crippen molar-refractivity contribution in [1.82, 2.24) is 0 Å². The van der Waals surface area contributed by atoms with Crippen molar-refractivity contribution in [2.75, 3.05) is 0 Å². The van der Waals surface area contributed by atoms with Gasteiger partial charge in [-0.1, -0.05) is 42.8 Å². The summed E-state index contributed by atoms with van der Waals surface area (Å²) < 4.78 is 0. The Hall–Kier alpha value is -1.89. The summed E-state index contributed by atoms with van der Waals surface area (Å²) in [6.07, 6.45) is 7.77. The van der Waals surface area contributed by atoms with E-state index in [0.29, 0.717) is 0 Å². The van der Waals surface area contributed by atoms with Gasteiger partial charge in [-0.3, -0.25) is 0 Å². The smallest absolute Gasteiger partial charge is 0.0716 e. The largest absolute Gasteiger partial charge is 0.248 e. The summed E-state index contributed by atoms with van der Waals surface area (Å²) in [5.41, 5.74) is 5.42. The first-order valence-corrected chi connectivity index (χ1v) is 7.27. The highest BCUT2D eigenvalue weighted by molar-refractivity contribution is 5.82. The summed E-state index contributed by atoms with van der Waals surface area (Å²) >= 11 is 0. The maximum atomic E-state index is 4.83. The van der Waals surface area contributed by atoms with Crippen molar-refractivity contribution in [3.63, 3.8) is 0 Å². The summed E-state index contributed by atoms with van der Waals surface area (Å²) in [6, 6.07) is 8.44. The molecule has 0 fully saturated rings. The molecule has 0 aromatic heterocycles. The van der Waals surface area contributed by atoms with Gasteiger partial charge in [0.1, 0.15) is 0 Å². The average Bonchev–Trinajstić information content (AvgIpc) is 2.80. The highest BCUT2D eigenvalue weighted by Gasteiger charge is 2.32. The van der Waals surface area contributed by atoms with E-state index in [1.807, 2.05) is 0 Å². The van der Waals surface area contributed by atoms with Gasteiger partial charge in [-0.15, -0.1) is 0 Å². The van der Waals surface area contributed by atoms with E-state index in [1.165, 1.54) is 21.9 Å². The van der Waals surface area contributed by atoms with Gasteiger partial charge in [0.25, 0.3) is 0 Å². The zero-order chi connectivity index (χ0) is 14.3. The third kappa shape index (κ3) is 1.81. The molecule has 20 heavy (non-hydrogen) atoms. The van der Waals surface area contributed by atoms with Crippen molar-refractivity contribution in [3.8, 4) is 0 Å². The highest BCUT2D eigenvalue weighted by atomic mass is 14.8. The summed E-state index contributed by atoms with van der Waals surface area (Å²) in [5.74, 6) is 0. The average molecular weight is 263 g/mol. The number of nitrogens with zero attached hydrogens (tertiary/aromatic N) is 1. The van der Waals surface area contributed by atoms with Gasteiger partial charge in [0.05, 0.1) is 11.1 Å². The molecule has 1 heterocycles. The molecule has 1 atom stereocenters. The number of benzene rings is 1. The van der Waals surface area contributed by atoms with Crippen LogP contribution in [0.4, 0.5) is 0 Å². The van der Waals surface area contributed by atoms with Crippen LogP contribution in [0.2, 0.25) is 0 Å². The van der Waals surface area contributed by atoms with E-state index in [4.69, 9.17) is 4.99 Å².